The summed E-state index contributed by atoms with van der Waals surface area (Å²) in [6.45, 7) is 4.54. The molecule has 0 saturated heterocycles. The maximum absolute atomic E-state index is 2.75. The van der Waals surface area contributed by atoms with Crippen molar-refractivity contribution in [1.82, 2.24) is 0 Å². The largest absolute Gasteiger partial charge is 1.00 e. The molecule has 54 valence electrons. The van der Waals surface area contributed by atoms with E-state index < -0.39 is 0 Å². The van der Waals surface area contributed by atoms with Crippen LogP contribution in [-0.4, -0.2) is 16.3 Å². The Bertz CT molecular complexity index is 42.0. The second kappa shape index (κ2) is 12.2. The molecule has 0 aliphatic carbocycles. The van der Waals surface area contributed by atoms with Crippen LogP contribution in [0.25, 0.3) is 0 Å². The van der Waals surface area contributed by atoms with E-state index in [1.165, 1.54) is 18.1 Å². The average molecular weight is 272 g/mol. The molecule has 0 aromatic rings. The molecule has 0 heterocycles. The van der Waals surface area contributed by atoms with Gasteiger partial charge < -0.3 is 34.0 Å². The van der Waals surface area contributed by atoms with E-state index in [0.29, 0.717) is 0 Å². The summed E-state index contributed by atoms with van der Waals surface area (Å²) in [5.41, 5.74) is 0. The third-order valence-corrected chi connectivity index (χ3v) is 1.69. The standard InChI is InChI=1S/C6H13.Al.2BrH/c1-4-6(3)5-2;;;/h6H,1,4-5H2,2-3H3;;2*1H/q;+2;;/p-2. The van der Waals surface area contributed by atoms with Crippen molar-refractivity contribution >= 4 is 16.3 Å². The summed E-state index contributed by atoms with van der Waals surface area (Å²) in [7, 11) is 0. The van der Waals surface area contributed by atoms with E-state index in [2.05, 4.69) is 30.1 Å². The van der Waals surface area contributed by atoms with Gasteiger partial charge >= 0.3 is 54.2 Å². The zero-order valence-electron chi connectivity index (χ0n) is 6.03. The molecule has 0 spiro atoms. The number of hydrogen-bond acceptors (Lipinski definition) is 0. The Balaban J connectivity index is -0.000000180. The molecule has 0 bridgehead atoms. The number of rotatable bonds is 3. The van der Waals surface area contributed by atoms with Crippen molar-refractivity contribution in [3.63, 3.8) is 0 Å². The van der Waals surface area contributed by atoms with Crippen LogP contribution in [0.3, 0.4) is 0 Å². The Hall–Kier alpha value is 1.49. The van der Waals surface area contributed by atoms with E-state index in [0.717, 1.165) is 5.92 Å². The predicted octanol–water partition coefficient (Wildman–Crippen LogP) is -3.98. The summed E-state index contributed by atoms with van der Waals surface area (Å²) in [4.78, 5) is 0. The van der Waals surface area contributed by atoms with Gasteiger partial charge in [-0.25, -0.2) is 0 Å². The van der Waals surface area contributed by atoms with Gasteiger partial charge in [-0.3, -0.25) is 0 Å². The Morgan fingerprint density at radius 3 is 1.89 bits per heavy atom. The molecule has 0 fully saturated rings. The molecule has 3 heteroatoms. The van der Waals surface area contributed by atoms with Gasteiger partial charge in [0.15, 0.2) is 0 Å². The minimum Gasteiger partial charge on any atom is -1.00 e. The zero-order valence-corrected chi connectivity index (χ0v) is 10.4. The van der Waals surface area contributed by atoms with Crippen LogP contribution in [0.4, 0.5) is 0 Å². The zero-order chi connectivity index (χ0) is 5.70. The molecule has 0 amide bonds. The summed E-state index contributed by atoms with van der Waals surface area (Å²) in [5, 5.41) is 1.26. The van der Waals surface area contributed by atoms with Gasteiger partial charge in [0.05, 0.1) is 0 Å². The Labute approximate surface area is 87.8 Å². The van der Waals surface area contributed by atoms with Gasteiger partial charge in [0.25, 0.3) is 0 Å². The minimum absolute atomic E-state index is 0. The Kier molecular flexibility index (Phi) is 22.8. The molecule has 0 aliphatic heterocycles. The van der Waals surface area contributed by atoms with Gasteiger partial charge in [0, 0.05) is 0 Å². The van der Waals surface area contributed by atoms with E-state index in [1.807, 2.05) is 0 Å². The molecule has 1 atom stereocenters. The fourth-order valence-electron chi connectivity index (χ4n) is 0.489. The first-order chi connectivity index (χ1) is 3.31. The summed E-state index contributed by atoms with van der Waals surface area (Å²) in [6, 6.07) is 0. The molecule has 0 aliphatic rings. The molecule has 9 heavy (non-hydrogen) atoms. The van der Waals surface area contributed by atoms with Crippen molar-refractivity contribution in [3.05, 3.63) is 0 Å². The monoisotopic (exact) mass is 270 g/mol. The molecule has 0 aromatic carbocycles. The van der Waals surface area contributed by atoms with Gasteiger partial charge in [-0.15, -0.1) is 0 Å². The van der Waals surface area contributed by atoms with Gasteiger partial charge in [0.2, 0.25) is 0 Å². The fourth-order valence-corrected chi connectivity index (χ4v) is 1.06. The van der Waals surface area contributed by atoms with Crippen LogP contribution in [0.2, 0.25) is 5.28 Å². The van der Waals surface area contributed by atoms with Crippen molar-refractivity contribution in [2.45, 2.75) is 32.0 Å². The van der Waals surface area contributed by atoms with Crippen LogP contribution in [0.1, 0.15) is 26.7 Å². The SMILES string of the molecule is CCC(C)C[CH2][Al+2].[Br-].[Br-]. The summed E-state index contributed by atoms with van der Waals surface area (Å²) in [5.74, 6) is 0.928. The van der Waals surface area contributed by atoms with Crippen molar-refractivity contribution in [2.24, 2.45) is 5.92 Å². The second-order valence-corrected chi connectivity index (χ2v) is 2.67. The molecule has 0 rings (SSSR count). The van der Waals surface area contributed by atoms with Crippen LogP contribution in [0, 0.1) is 5.92 Å². The normalized spacial score (nSPS) is 11.1. The van der Waals surface area contributed by atoms with E-state index in [9.17, 15) is 0 Å². The maximum Gasteiger partial charge on any atom is -1.00 e. The molecule has 0 aromatic heterocycles. The third-order valence-electron chi connectivity index (χ3n) is 1.36. The average Bonchev–Trinajstić information content (AvgIpc) is 1.68. The van der Waals surface area contributed by atoms with Crippen LogP contribution in [0.5, 0.6) is 0 Å². The van der Waals surface area contributed by atoms with E-state index in [4.69, 9.17) is 0 Å². The molecule has 0 nitrogen and oxygen atoms in total. The van der Waals surface area contributed by atoms with Crippen LogP contribution < -0.4 is 34.0 Å². The first-order valence-electron chi connectivity index (χ1n) is 3.01. The molecular formula is C6H13AlBr2. The molecule has 0 N–H and O–H groups in total. The van der Waals surface area contributed by atoms with Crippen LogP contribution in [-0.2, 0) is 0 Å². The quantitative estimate of drug-likeness (QED) is 0.460. The number of hydrogen-bond donors (Lipinski definition) is 0. The first-order valence-corrected chi connectivity index (χ1v) is 3.83. The summed E-state index contributed by atoms with van der Waals surface area (Å²) < 4.78 is 0. The predicted molar refractivity (Wildman–Crippen MR) is 34.6 cm³/mol. The first kappa shape index (κ1) is 16.8. The Morgan fingerprint density at radius 2 is 1.78 bits per heavy atom. The van der Waals surface area contributed by atoms with Gasteiger partial charge in [-0.05, 0) is 0 Å². The molecule has 0 saturated carbocycles. The smallest absolute Gasteiger partial charge is 1.00 e. The molecule has 0 radical (unpaired) electrons. The molecular weight excluding hydrogens is 259 g/mol. The molecule has 1 unspecified atom stereocenters. The minimum atomic E-state index is 0. The van der Waals surface area contributed by atoms with E-state index >= 15 is 0 Å². The van der Waals surface area contributed by atoms with Crippen LogP contribution >= 0.6 is 0 Å². The number of halogens is 2. The van der Waals surface area contributed by atoms with E-state index in [1.54, 1.807) is 0 Å². The maximum atomic E-state index is 2.75. The van der Waals surface area contributed by atoms with Crippen molar-refractivity contribution in [1.29, 1.82) is 0 Å². The van der Waals surface area contributed by atoms with Crippen LogP contribution in [0.15, 0.2) is 0 Å². The van der Waals surface area contributed by atoms with Gasteiger partial charge in [-0.1, -0.05) is 0 Å². The Morgan fingerprint density at radius 1 is 1.33 bits per heavy atom. The third kappa shape index (κ3) is 12.6. The summed E-state index contributed by atoms with van der Waals surface area (Å²) >= 11 is 2.75. The second-order valence-electron chi connectivity index (χ2n) is 2.09. The van der Waals surface area contributed by atoms with Gasteiger partial charge in [0.1, 0.15) is 0 Å². The topological polar surface area (TPSA) is 0 Å². The van der Waals surface area contributed by atoms with E-state index in [-0.39, 0.29) is 34.0 Å². The van der Waals surface area contributed by atoms with Gasteiger partial charge in [-0.2, -0.15) is 0 Å². The fraction of sp³-hybridized carbons (Fsp3) is 1.00. The van der Waals surface area contributed by atoms with Crippen molar-refractivity contribution < 1.29 is 34.0 Å². The summed E-state index contributed by atoms with van der Waals surface area (Å²) in [6.07, 6.45) is 2.69. The van der Waals surface area contributed by atoms with Crippen molar-refractivity contribution in [3.8, 4) is 0 Å². The van der Waals surface area contributed by atoms with Crippen molar-refractivity contribution in [2.75, 3.05) is 0 Å².